The summed E-state index contributed by atoms with van der Waals surface area (Å²) in [7, 11) is 0. The molecule has 0 aromatic heterocycles. The molecule has 3 heteroatoms. The molecule has 2 rings (SSSR count). The monoisotopic (exact) mass is 178 g/mol. The van der Waals surface area contributed by atoms with Crippen molar-refractivity contribution in [1.29, 1.82) is 0 Å². The minimum absolute atomic E-state index is 0.0197. The standard InChI is InChI=1S/C9H13F3/c1-5-3-2-4-6-7(5)8(6)9(10,11)12/h5-8H,2-4H2,1H3. The average Bonchev–Trinajstić information content (AvgIpc) is 2.60. The Morgan fingerprint density at radius 3 is 2.33 bits per heavy atom. The molecule has 4 unspecified atom stereocenters. The minimum Gasteiger partial charge on any atom is -0.171 e. The van der Waals surface area contributed by atoms with Gasteiger partial charge in [-0.3, -0.25) is 0 Å². The van der Waals surface area contributed by atoms with Gasteiger partial charge in [0.15, 0.2) is 0 Å². The lowest BCUT2D eigenvalue weighted by Crippen LogP contribution is -2.14. The predicted octanol–water partition coefficient (Wildman–Crippen LogP) is 3.23. The molecule has 0 aromatic carbocycles. The second-order valence-electron chi connectivity index (χ2n) is 4.22. The molecule has 0 radical (unpaired) electrons. The van der Waals surface area contributed by atoms with E-state index < -0.39 is 12.1 Å². The Balaban J connectivity index is 2.05. The lowest BCUT2D eigenvalue weighted by molar-refractivity contribution is -0.154. The second-order valence-corrected chi connectivity index (χ2v) is 4.22. The molecule has 2 fully saturated rings. The van der Waals surface area contributed by atoms with Crippen LogP contribution in [0.3, 0.4) is 0 Å². The molecule has 0 nitrogen and oxygen atoms in total. The van der Waals surface area contributed by atoms with Gasteiger partial charge in [-0.1, -0.05) is 19.8 Å². The van der Waals surface area contributed by atoms with Crippen LogP contribution in [0.5, 0.6) is 0 Å². The number of rotatable bonds is 0. The molecule has 70 valence electrons. The molecule has 0 aromatic rings. The Morgan fingerprint density at radius 2 is 1.83 bits per heavy atom. The summed E-state index contributed by atoms with van der Waals surface area (Å²) in [5, 5.41) is 0. The van der Waals surface area contributed by atoms with Crippen molar-refractivity contribution in [2.24, 2.45) is 23.7 Å². The molecule has 0 heterocycles. The van der Waals surface area contributed by atoms with E-state index in [9.17, 15) is 13.2 Å². The molecule has 0 aliphatic heterocycles. The summed E-state index contributed by atoms with van der Waals surface area (Å²) in [5.74, 6) is -0.696. The van der Waals surface area contributed by atoms with Crippen LogP contribution in [-0.4, -0.2) is 6.18 Å². The van der Waals surface area contributed by atoms with Crippen molar-refractivity contribution in [3.05, 3.63) is 0 Å². The zero-order valence-corrected chi connectivity index (χ0v) is 7.06. The molecule has 0 bridgehead atoms. The highest BCUT2D eigenvalue weighted by molar-refractivity contribution is 5.04. The fourth-order valence-electron chi connectivity index (χ4n) is 2.88. The van der Waals surface area contributed by atoms with Crippen LogP contribution < -0.4 is 0 Å². The van der Waals surface area contributed by atoms with Gasteiger partial charge in [0.25, 0.3) is 0 Å². The van der Waals surface area contributed by atoms with Gasteiger partial charge in [0.1, 0.15) is 0 Å². The van der Waals surface area contributed by atoms with Gasteiger partial charge >= 0.3 is 6.18 Å². The third-order valence-electron chi connectivity index (χ3n) is 3.46. The lowest BCUT2D eigenvalue weighted by atomic mass is 9.91. The fourth-order valence-corrected chi connectivity index (χ4v) is 2.88. The molecule has 0 saturated heterocycles. The average molecular weight is 178 g/mol. The summed E-state index contributed by atoms with van der Waals surface area (Å²) in [6, 6.07) is 0. The van der Waals surface area contributed by atoms with Crippen LogP contribution in [-0.2, 0) is 0 Å². The van der Waals surface area contributed by atoms with Crippen molar-refractivity contribution in [3.8, 4) is 0 Å². The molecule has 4 atom stereocenters. The minimum atomic E-state index is -3.92. The molecule has 0 N–H and O–H groups in total. The van der Waals surface area contributed by atoms with Gasteiger partial charge in [-0.2, -0.15) is 13.2 Å². The topological polar surface area (TPSA) is 0 Å². The summed E-state index contributed by atoms with van der Waals surface area (Å²) in [6.07, 6.45) is -1.13. The SMILES string of the molecule is CC1CCCC2C1C2C(F)(F)F. The van der Waals surface area contributed by atoms with Crippen LogP contribution in [0.1, 0.15) is 26.2 Å². The van der Waals surface area contributed by atoms with Gasteiger partial charge in [-0.25, -0.2) is 0 Å². The van der Waals surface area contributed by atoms with E-state index in [2.05, 4.69) is 0 Å². The van der Waals surface area contributed by atoms with E-state index in [0.717, 1.165) is 19.3 Å². The third kappa shape index (κ3) is 1.14. The van der Waals surface area contributed by atoms with Crippen molar-refractivity contribution in [1.82, 2.24) is 0 Å². The molecule has 0 spiro atoms. The van der Waals surface area contributed by atoms with Crippen molar-refractivity contribution in [2.75, 3.05) is 0 Å². The Hall–Kier alpha value is -0.210. The highest BCUT2D eigenvalue weighted by Gasteiger charge is 2.65. The van der Waals surface area contributed by atoms with Crippen molar-refractivity contribution in [3.63, 3.8) is 0 Å². The highest BCUT2D eigenvalue weighted by Crippen LogP contribution is 2.63. The van der Waals surface area contributed by atoms with Crippen LogP contribution in [0.2, 0.25) is 0 Å². The van der Waals surface area contributed by atoms with Crippen molar-refractivity contribution in [2.45, 2.75) is 32.4 Å². The van der Waals surface area contributed by atoms with Crippen LogP contribution in [0.15, 0.2) is 0 Å². The predicted molar refractivity (Wildman–Crippen MR) is 39.5 cm³/mol. The first-order valence-corrected chi connectivity index (χ1v) is 4.58. The molecule has 12 heavy (non-hydrogen) atoms. The van der Waals surface area contributed by atoms with Gasteiger partial charge in [0, 0.05) is 0 Å². The summed E-state index contributed by atoms with van der Waals surface area (Å²) >= 11 is 0. The maximum absolute atomic E-state index is 12.3. The second kappa shape index (κ2) is 2.39. The van der Waals surface area contributed by atoms with Crippen LogP contribution in [0.4, 0.5) is 13.2 Å². The number of fused-ring (bicyclic) bond motifs is 1. The lowest BCUT2D eigenvalue weighted by Gasteiger charge is -2.15. The summed E-state index contributed by atoms with van der Waals surface area (Å²) < 4.78 is 36.9. The zero-order valence-electron chi connectivity index (χ0n) is 7.06. The normalized spacial score (nSPS) is 47.0. The van der Waals surface area contributed by atoms with Gasteiger partial charge in [0.2, 0.25) is 0 Å². The van der Waals surface area contributed by atoms with Gasteiger partial charge in [-0.15, -0.1) is 0 Å². The van der Waals surface area contributed by atoms with E-state index in [0.29, 0.717) is 5.92 Å². The van der Waals surface area contributed by atoms with E-state index >= 15 is 0 Å². The van der Waals surface area contributed by atoms with E-state index in [1.807, 2.05) is 6.92 Å². The van der Waals surface area contributed by atoms with Crippen molar-refractivity contribution >= 4 is 0 Å². The Kier molecular flexibility index (Phi) is 1.67. The summed E-state index contributed by atoms with van der Waals surface area (Å²) in [5.41, 5.74) is 0. The van der Waals surface area contributed by atoms with Crippen LogP contribution in [0.25, 0.3) is 0 Å². The quantitative estimate of drug-likeness (QED) is 0.534. The largest absolute Gasteiger partial charge is 0.392 e. The number of hydrogen-bond acceptors (Lipinski definition) is 0. The molecule has 2 aliphatic carbocycles. The Labute approximate surface area is 70.1 Å². The number of alkyl halides is 3. The maximum atomic E-state index is 12.3. The summed E-state index contributed by atoms with van der Waals surface area (Å²) in [4.78, 5) is 0. The van der Waals surface area contributed by atoms with Crippen molar-refractivity contribution < 1.29 is 13.2 Å². The Bertz CT molecular complexity index is 185. The zero-order chi connectivity index (χ0) is 8.93. The first kappa shape index (κ1) is 8.39. The highest BCUT2D eigenvalue weighted by atomic mass is 19.4. The molecular weight excluding hydrogens is 165 g/mol. The molecular formula is C9H13F3. The van der Waals surface area contributed by atoms with Crippen LogP contribution in [0, 0.1) is 23.7 Å². The van der Waals surface area contributed by atoms with Gasteiger partial charge in [-0.05, 0) is 24.2 Å². The number of halogens is 3. The molecule has 2 aliphatic rings. The van der Waals surface area contributed by atoms with E-state index in [-0.39, 0.29) is 11.8 Å². The Morgan fingerprint density at radius 1 is 1.17 bits per heavy atom. The van der Waals surface area contributed by atoms with Gasteiger partial charge in [0.05, 0.1) is 5.92 Å². The smallest absolute Gasteiger partial charge is 0.171 e. The maximum Gasteiger partial charge on any atom is 0.392 e. The van der Waals surface area contributed by atoms with Crippen LogP contribution >= 0.6 is 0 Å². The first-order chi connectivity index (χ1) is 5.52. The van der Waals surface area contributed by atoms with Gasteiger partial charge < -0.3 is 0 Å². The fraction of sp³-hybridized carbons (Fsp3) is 1.00. The summed E-state index contributed by atoms with van der Waals surface area (Å²) in [6.45, 7) is 1.96. The van der Waals surface area contributed by atoms with E-state index in [4.69, 9.17) is 0 Å². The first-order valence-electron chi connectivity index (χ1n) is 4.58. The molecule has 0 amide bonds. The van der Waals surface area contributed by atoms with E-state index in [1.54, 1.807) is 0 Å². The third-order valence-corrected chi connectivity index (χ3v) is 3.46. The number of hydrogen-bond donors (Lipinski definition) is 0. The van der Waals surface area contributed by atoms with E-state index in [1.165, 1.54) is 0 Å². The molecule has 2 saturated carbocycles.